The Balaban J connectivity index is 1.07. The predicted molar refractivity (Wildman–Crippen MR) is 221 cm³/mol. The highest BCUT2D eigenvalue weighted by molar-refractivity contribution is 6.09. The fraction of sp³-hybridized carbons (Fsp3) is 0. The number of hydrogen-bond acceptors (Lipinski definition) is 2. The summed E-state index contributed by atoms with van der Waals surface area (Å²) in [4.78, 5) is 10.4. The van der Waals surface area contributed by atoms with Gasteiger partial charge in [-0.3, -0.25) is 0 Å². The van der Waals surface area contributed by atoms with Crippen molar-refractivity contribution in [3.63, 3.8) is 0 Å². The third-order valence-electron chi connectivity index (χ3n) is 10.3. The van der Waals surface area contributed by atoms with Crippen LogP contribution in [0.25, 0.3) is 94.4 Å². The molecule has 3 heteroatoms. The van der Waals surface area contributed by atoms with E-state index in [-0.39, 0.29) is 0 Å². The maximum absolute atomic E-state index is 5.23. The van der Waals surface area contributed by atoms with Gasteiger partial charge in [-0.15, -0.1) is 0 Å². The fourth-order valence-electron chi connectivity index (χ4n) is 7.67. The summed E-state index contributed by atoms with van der Waals surface area (Å²) in [5.74, 6) is 0.706. The largest absolute Gasteiger partial charge is 0.309 e. The van der Waals surface area contributed by atoms with Crippen LogP contribution < -0.4 is 0 Å². The lowest BCUT2D eigenvalue weighted by molar-refractivity contribution is 1.18. The second kappa shape index (κ2) is 12.9. The Kier molecular flexibility index (Phi) is 7.47. The van der Waals surface area contributed by atoms with E-state index in [0.717, 1.165) is 50.1 Å². The van der Waals surface area contributed by atoms with Crippen LogP contribution in [0.2, 0.25) is 0 Å². The molecule has 248 valence electrons. The zero-order chi connectivity index (χ0) is 35.1. The monoisotopic (exact) mass is 675 g/mol. The number of aromatic nitrogens is 3. The predicted octanol–water partition coefficient (Wildman–Crippen LogP) is 13.1. The summed E-state index contributed by atoms with van der Waals surface area (Å²) in [6.07, 6.45) is 0. The quantitative estimate of drug-likeness (QED) is 0.176. The Hall–Kier alpha value is -7.10. The highest BCUT2D eigenvalue weighted by Gasteiger charge is 2.16. The molecule has 8 aromatic carbocycles. The van der Waals surface area contributed by atoms with Crippen LogP contribution in [0.4, 0.5) is 0 Å². The van der Waals surface area contributed by atoms with E-state index in [4.69, 9.17) is 9.97 Å². The molecular formula is C50H33N3. The lowest BCUT2D eigenvalue weighted by Gasteiger charge is -2.14. The van der Waals surface area contributed by atoms with Crippen molar-refractivity contribution in [1.82, 2.24) is 14.5 Å². The van der Waals surface area contributed by atoms with Crippen LogP contribution in [0, 0.1) is 0 Å². The summed E-state index contributed by atoms with van der Waals surface area (Å²) >= 11 is 0. The van der Waals surface area contributed by atoms with E-state index in [1.165, 1.54) is 38.5 Å². The highest BCUT2D eigenvalue weighted by atomic mass is 15.0. The average molecular weight is 676 g/mol. The minimum Gasteiger partial charge on any atom is -0.309 e. The normalized spacial score (nSPS) is 11.4. The Morgan fingerprint density at radius 3 is 1.32 bits per heavy atom. The molecule has 2 heterocycles. The van der Waals surface area contributed by atoms with E-state index < -0.39 is 0 Å². The molecule has 0 unspecified atom stereocenters. The molecule has 53 heavy (non-hydrogen) atoms. The maximum Gasteiger partial charge on any atom is 0.161 e. The van der Waals surface area contributed by atoms with E-state index in [2.05, 4.69) is 193 Å². The van der Waals surface area contributed by atoms with E-state index in [1.807, 2.05) is 12.1 Å². The summed E-state index contributed by atoms with van der Waals surface area (Å²) in [5, 5.41) is 4.81. The van der Waals surface area contributed by atoms with Crippen LogP contribution in [0.5, 0.6) is 0 Å². The average Bonchev–Trinajstić information content (AvgIpc) is 3.58. The SMILES string of the molecule is c1ccc(-c2ccc(-c3cc(-c4ccccc4)nc(-c4ccc(-c5ccc(-n6c7ccccc7c7ccccc76)cc5)c5ccccc45)n3)cc2)cc1. The standard InChI is InChI=1S/C50H33N3/c1-3-13-34(14-4-1)35-23-25-38(26-24-35)47-33-46(37-15-5-2-6-16-37)51-50(52-47)45-32-31-40(41-17-7-8-18-42(41)45)36-27-29-39(30-28-36)53-48-21-11-9-19-43(48)44-20-10-12-22-49(44)53/h1-33H. The van der Waals surface area contributed by atoms with Crippen molar-refractivity contribution in [3.05, 3.63) is 200 Å². The second-order valence-electron chi connectivity index (χ2n) is 13.4. The van der Waals surface area contributed by atoms with E-state index in [1.54, 1.807) is 0 Å². The van der Waals surface area contributed by atoms with Crippen LogP contribution in [-0.4, -0.2) is 14.5 Å². The van der Waals surface area contributed by atoms with Crippen LogP contribution in [0.15, 0.2) is 200 Å². The smallest absolute Gasteiger partial charge is 0.161 e. The van der Waals surface area contributed by atoms with Gasteiger partial charge in [0.2, 0.25) is 0 Å². The van der Waals surface area contributed by atoms with Gasteiger partial charge in [-0.25, -0.2) is 9.97 Å². The molecule has 0 saturated heterocycles. The van der Waals surface area contributed by atoms with Crippen LogP contribution in [-0.2, 0) is 0 Å². The van der Waals surface area contributed by atoms with Crippen LogP contribution in [0.1, 0.15) is 0 Å². The Morgan fingerprint density at radius 2 is 0.717 bits per heavy atom. The summed E-state index contributed by atoms with van der Waals surface area (Å²) in [7, 11) is 0. The topological polar surface area (TPSA) is 30.7 Å². The van der Waals surface area contributed by atoms with Crippen molar-refractivity contribution in [1.29, 1.82) is 0 Å². The van der Waals surface area contributed by atoms with Gasteiger partial charge < -0.3 is 4.57 Å². The zero-order valence-corrected chi connectivity index (χ0v) is 28.9. The third kappa shape index (κ3) is 5.47. The summed E-state index contributed by atoms with van der Waals surface area (Å²) in [6.45, 7) is 0. The number of benzene rings is 8. The molecule has 0 amide bonds. The number of fused-ring (bicyclic) bond motifs is 4. The molecule has 10 rings (SSSR count). The van der Waals surface area contributed by atoms with Gasteiger partial charge in [-0.1, -0.05) is 164 Å². The van der Waals surface area contributed by atoms with E-state index >= 15 is 0 Å². The number of nitrogens with zero attached hydrogens (tertiary/aromatic N) is 3. The van der Waals surface area contributed by atoms with Gasteiger partial charge in [-0.2, -0.15) is 0 Å². The first-order chi connectivity index (χ1) is 26.3. The Morgan fingerprint density at radius 1 is 0.302 bits per heavy atom. The molecular weight excluding hydrogens is 643 g/mol. The first kappa shape index (κ1) is 30.7. The van der Waals surface area contributed by atoms with Crippen molar-refractivity contribution < 1.29 is 0 Å². The van der Waals surface area contributed by atoms with Crippen molar-refractivity contribution >= 4 is 32.6 Å². The van der Waals surface area contributed by atoms with Gasteiger partial charge in [0, 0.05) is 33.2 Å². The molecule has 0 N–H and O–H groups in total. The van der Waals surface area contributed by atoms with Gasteiger partial charge in [0.25, 0.3) is 0 Å². The van der Waals surface area contributed by atoms with Gasteiger partial charge in [0.05, 0.1) is 22.4 Å². The maximum atomic E-state index is 5.23. The molecule has 2 aromatic heterocycles. The first-order valence-electron chi connectivity index (χ1n) is 18.0. The minimum atomic E-state index is 0.706. The van der Waals surface area contributed by atoms with Gasteiger partial charge >= 0.3 is 0 Å². The van der Waals surface area contributed by atoms with Gasteiger partial charge in [0.1, 0.15) is 0 Å². The minimum absolute atomic E-state index is 0.706. The number of hydrogen-bond donors (Lipinski definition) is 0. The third-order valence-corrected chi connectivity index (χ3v) is 10.3. The molecule has 0 spiro atoms. The Bertz CT molecular complexity index is 2850. The van der Waals surface area contributed by atoms with Crippen molar-refractivity contribution in [3.8, 4) is 61.8 Å². The zero-order valence-electron chi connectivity index (χ0n) is 28.9. The molecule has 10 aromatic rings. The van der Waals surface area contributed by atoms with Gasteiger partial charge in [0.15, 0.2) is 5.82 Å². The highest BCUT2D eigenvalue weighted by Crippen LogP contribution is 2.38. The molecule has 0 atom stereocenters. The summed E-state index contributed by atoms with van der Waals surface area (Å²) in [6, 6.07) is 70.9. The molecule has 0 aliphatic heterocycles. The summed E-state index contributed by atoms with van der Waals surface area (Å²) < 4.78 is 2.36. The van der Waals surface area contributed by atoms with Crippen LogP contribution >= 0.6 is 0 Å². The van der Waals surface area contributed by atoms with Crippen molar-refractivity contribution in [2.24, 2.45) is 0 Å². The fourth-order valence-corrected chi connectivity index (χ4v) is 7.67. The molecule has 0 bridgehead atoms. The Labute approximate surface area is 308 Å². The lowest BCUT2D eigenvalue weighted by atomic mass is 9.94. The van der Waals surface area contributed by atoms with Crippen molar-refractivity contribution in [2.75, 3.05) is 0 Å². The molecule has 0 saturated carbocycles. The molecule has 0 radical (unpaired) electrons. The van der Waals surface area contributed by atoms with E-state index in [9.17, 15) is 0 Å². The lowest BCUT2D eigenvalue weighted by Crippen LogP contribution is -1.97. The number of rotatable bonds is 6. The molecule has 0 fully saturated rings. The summed E-state index contributed by atoms with van der Waals surface area (Å²) in [5.41, 5.74) is 13.2. The molecule has 3 nitrogen and oxygen atoms in total. The second-order valence-corrected chi connectivity index (χ2v) is 13.4. The number of para-hydroxylation sites is 2. The van der Waals surface area contributed by atoms with Crippen molar-refractivity contribution in [2.45, 2.75) is 0 Å². The van der Waals surface area contributed by atoms with E-state index in [0.29, 0.717) is 5.82 Å². The molecule has 0 aliphatic rings. The molecule has 0 aliphatic carbocycles. The van der Waals surface area contributed by atoms with Gasteiger partial charge in [-0.05, 0) is 69.4 Å². The first-order valence-corrected chi connectivity index (χ1v) is 18.0. The van der Waals surface area contributed by atoms with Crippen LogP contribution in [0.3, 0.4) is 0 Å².